The van der Waals surface area contributed by atoms with Crippen molar-refractivity contribution in [1.82, 2.24) is 0 Å². The standard InChI is InChI=1S/C12H19NO5/c1-5-12(9(15)16)7-6-8(14)13(12,10(17)18)11(2,3)4/h5-7H2,1-4H3,(H-,15,16,17,18)/p-1/t12?,13-/m0/s1. The van der Waals surface area contributed by atoms with Crippen molar-refractivity contribution in [2.75, 3.05) is 0 Å². The van der Waals surface area contributed by atoms with Crippen LogP contribution in [0.2, 0.25) is 0 Å². The number of imide groups is 1. The third-order valence-electron chi connectivity index (χ3n) is 4.01. The molecule has 1 aliphatic rings. The third-order valence-corrected chi connectivity index (χ3v) is 4.01. The number of hydrogen-bond acceptors (Lipinski definition) is 5. The largest absolute Gasteiger partial charge is 0.544 e. The molecule has 1 saturated heterocycles. The second-order valence-corrected chi connectivity index (χ2v) is 5.67. The van der Waals surface area contributed by atoms with Crippen molar-refractivity contribution >= 4 is 18.0 Å². The predicted octanol–water partition coefficient (Wildman–Crippen LogP) is -0.836. The van der Waals surface area contributed by atoms with E-state index in [0.29, 0.717) is 0 Å². The summed E-state index contributed by atoms with van der Waals surface area (Å²) in [6.07, 6.45) is -1.79. The van der Waals surface area contributed by atoms with E-state index in [1.807, 2.05) is 0 Å². The highest BCUT2D eigenvalue weighted by molar-refractivity contribution is 5.90. The van der Waals surface area contributed by atoms with Crippen LogP contribution in [-0.4, -0.2) is 33.5 Å². The molecule has 0 aliphatic carbocycles. The molecular formula is C12H18NO5-. The van der Waals surface area contributed by atoms with Crippen LogP contribution in [0.3, 0.4) is 0 Å². The van der Waals surface area contributed by atoms with Gasteiger partial charge in [0.2, 0.25) is 0 Å². The molecule has 18 heavy (non-hydrogen) atoms. The van der Waals surface area contributed by atoms with Crippen molar-refractivity contribution in [3.63, 3.8) is 0 Å². The lowest BCUT2D eigenvalue weighted by molar-refractivity contribution is -0.885. The van der Waals surface area contributed by atoms with Gasteiger partial charge in [-0.1, -0.05) is 6.92 Å². The number of carbonyl (C=O) groups excluding carboxylic acids is 3. The molecule has 1 aliphatic heterocycles. The first-order valence-corrected chi connectivity index (χ1v) is 5.93. The molecule has 102 valence electrons. The molecule has 1 rings (SSSR count). The van der Waals surface area contributed by atoms with Gasteiger partial charge < -0.3 is 19.8 Å². The van der Waals surface area contributed by atoms with Crippen LogP contribution >= 0.6 is 0 Å². The topological polar surface area (TPSA) is 97.3 Å². The molecule has 0 saturated carbocycles. The van der Waals surface area contributed by atoms with Crippen molar-refractivity contribution in [2.24, 2.45) is 0 Å². The van der Waals surface area contributed by atoms with Crippen molar-refractivity contribution in [1.29, 1.82) is 0 Å². The molecule has 1 unspecified atom stereocenters. The Morgan fingerprint density at radius 2 is 1.83 bits per heavy atom. The molecule has 0 aromatic carbocycles. The molecule has 0 bridgehead atoms. The average molecular weight is 256 g/mol. The van der Waals surface area contributed by atoms with Gasteiger partial charge in [0, 0.05) is 12.8 Å². The van der Waals surface area contributed by atoms with Crippen LogP contribution in [0.5, 0.6) is 0 Å². The molecule has 0 N–H and O–H groups in total. The zero-order valence-corrected chi connectivity index (χ0v) is 11.1. The Bertz CT molecular complexity index is 411. The van der Waals surface area contributed by atoms with Gasteiger partial charge in [0.15, 0.2) is 5.54 Å². The summed E-state index contributed by atoms with van der Waals surface area (Å²) < 4.78 is -1.20. The number of aliphatic carboxylic acids is 1. The molecule has 2 atom stereocenters. The van der Waals surface area contributed by atoms with Crippen molar-refractivity contribution in [3.8, 4) is 0 Å². The first kappa shape index (κ1) is 14.6. The second-order valence-electron chi connectivity index (χ2n) is 5.67. The average Bonchev–Trinajstić information content (AvgIpc) is 2.52. The van der Waals surface area contributed by atoms with Crippen LogP contribution in [0.15, 0.2) is 0 Å². The van der Waals surface area contributed by atoms with E-state index in [2.05, 4.69) is 0 Å². The fourth-order valence-electron chi connectivity index (χ4n) is 3.25. The van der Waals surface area contributed by atoms with Crippen LogP contribution < -0.4 is 10.2 Å². The zero-order chi connectivity index (χ0) is 14.4. The van der Waals surface area contributed by atoms with E-state index < -0.39 is 33.5 Å². The summed E-state index contributed by atoms with van der Waals surface area (Å²) >= 11 is 0. The molecule has 0 spiro atoms. The molecular weight excluding hydrogens is 238 g/mol. The number of hydrogen-bond donors (Lipinski definition) is 0. The van der Waals surface area contributed by atoms with Gasteiger partial charge in [-0.15, -0.1) is 0 Å². The fourth-order valence-corrected chi connectivity index (χ4v) is 3.25. The fraction of sp³-hybridized carbons (Fsp3) is 0.750. The van der Waals surface area contributed by atoms with Gasteiger partial charge in [-0.25, -0.2) is 4.79 Å². The van der Waals surface area contributed by atoms with Gasteiger partial charge in [-0.2, -0.15) is 4.48 Å². The number of rotatable bonds is 2. The Balaban J connectivity index is 3.68. The number of likely N-dealkylation sites (tertiary alicyclic amines) is 1. The number of carbonyl (C=O) groups is 3. The molecule has 2 amide bonds. The monoisotopic (exact) mass is 256 g/mol. The van der Waals surface area contributed by atoms with Gasteiger partial charge in [-0.3, -0.25) is 0 Å². The van der Waals surface area contributed by atoms with Crippen LogP contribution in [0.25, 0.3) is 0 Å². The maximum Gasteiger partial charge on any atom is 0.321 e. The van der Waals surface area contributed by atoms with Gasteiger partial charge in [-0.05, 0) is 20.8 Å². The summed E-state index contributed by atoms with van der Waals surface area (Å²) in [6.45, 7) is 6.13. The zero-order valence-electron chi connectivity index (χ0n) is 11.1. The first-order chi connectivity index (χ1) is 8.08. The van der Waals surface area contributed by atoms with Crippen molar-refractivity contribution in [3.05, 3.63) is 0 Å². The Labute approximate surface area is 106 Å². The minimum Gasteiger partial charge on any atom is -0.544 e. The lowest BCUT2D eigenvalue weighted by Gasteiger charge is -2.53. The SMILES string of the molecule is CCC1(C(=O)[O-])CCC(=O)[N@+]1(C(=O)[O-])C(C)(C)C. The van der Waals surface area contributed by atoms with Gasteiger partial charge in [0.25, 0.3) is 6.09 Å². The van der Waals surface area contributed by atoms with Crippen LogP contribution in [0.4, 0.5) is 4.79 Å². The van der Waals surface area contributed by atoms with Gasteiger partial charge in [0.05, 0.1) is 6.42 Å². The van der Waals surface area contributed by atoms with E-state index in [4.69, 9.17) is 0 Å². The van der Waals surface area contributed by atoms with Gasteiger partial charge in [0.1, 0.15) is 11.5 Å². The smallest absolute Gasteiger partial charge is 0.321 e. The molecule has 1 fully saturated rings. The third kappa shape index (κ3) is 1.41. The van der Waals surface area contributed by atoms with E-state index in [1.165, 1.54) is 20.8 Å². The van der Waals surface area contributed by atoms with Crippen LogP contribution in [-0.2, 0) is 9.59 Å². The summed E-state index contributed by atoms with van der Waals surface area (Å²) in [5.41, 5.74) is -2.85. The van der Waals surface area contributed by atoms with Crippen molar-refractivity contribution in [2.45, 2.75) is 58.0 Å². The maximum absolute atomic E-state index is 12.1. The number of amides is 2. The molecule has 6 nitrogen and oxygen atoms in total. The summed E-state index contributed by atoms with van der Waals surface area (Å²) in [7, 11) is 0. The van der Waals surface area contributed by atoms with Crippen LogP contribution in [0, 0.1) is 0 Å². The summed E-state index contributed by atoms with van der Waals surface area (Å²) in [4.78, 5) is 35.2. The summed E-state index contributed by atoms with van der Waals surface area (Å²) in [6, 6.07) is 0. The van der Waals surface area contributed by atoms with Crippen LogP contribution in [0.1, 0.15) is 47.0 Å². The molecule has 0 aromatic heterocycles. The minimum atomic E-state index is -1.74. The van der Waals surface area contributed by atoms with E-state index in [1.54, 1.807) is 6.92 Å². The summed E-state index contributed by atoms with van der Waals surface area (Å²) in [5, 5.41) is 23.1. The Morgan fingerprint density at radius 3 is 2.06 bits per heavy atom. The number of quaternary nitrogens is 1. The first-order valence-electron chi connectivity index (χ1n) is 5.93. The predicted molar refractivity (Wildman–Crippen MR) is 57.7 cm³/mol. The molecule has 0 aromatic rings. The number of nitrogens with zero attached hydrogens (tertiary/aromatic N) is 1. The Hall–Kier alpha value is -1.43. The minimum absolute atomic E-state index is 0.00627. The van der Waals surface area contributed by atoms with E-state index in [0.717, 1.165) is 0 Å². The van der Waals surface area contributed by atoms with E-state index in [-0.39, 0.29) is 19.3 Å². The lowest BCUT2D eigenvalue weighted by atomic mass is 9.86. The highest BCUT2D eigenvalue weighted by atomic mass is 16.4. The second kappa shape index (κ2) is 4.05. The molecule has 6 heteroatoms. The number of carboxylic acid groups (broad SMARTS) is 2. The maximum atomic E-state index is 12.1. The van der Waals surface area contributed by atoms with E-state index >= 15 is 0 Å². The Morgan fingerprint density at radius 1 is 1.33 bits per heavy atom. The quantitative estimate of drug-likeness (QED) is 0.600. The molecule has 0 radical (unpaired) electrons. The van der Waals surface area contributed by atoms with Gasteiger partial charge >= 0.3 is 5.91 Å². The Kier molecular flexibility index (Phi) is 3.29. The molecule has 1 heterocycles. The normalized spacial score (nSPS) is 32.6. The van der Waals surface area contributed by atoms with E-state index in [9.17, 15) is 24.6 Å². The highest BCUT2D eigenvalue weighted by Crippen LogP contribution is 2.46. The van der Waals surface area contributed by atoms with Crippen molar-refractivity contribution < 1.29 is 29.1 Å². The number of carboxylic acids is 1. The highest BCUT2D eigenvalue weighted by Gasteiger charge is 2.67. The lowest BCUT2D eigenvalue weighted by Crippen LogP contribution is -2.80. The summed E-state index contributed by atoms with van der Waals surface area (Å²) in [5.74, 6) is -2.14.